The van der Waals surface area contributed by atoms with Gasteiger partial charge in [-0.2, -0.15) is 0 Å². The first-order chi connectivity index (χ1) is 13.2. The highest BCUT2D eigenvalue weighted by Gasteiger charge is 2.27. The van der Waals surface area contributed by atoms with Crippen molar-refractivity contribution in [3.63, 3.8) is 0 Å². The van der Waals surface area contributed by atoms with Gasteiger partial charge in [0, 0.05) is 29.6 Å². The molecule has 1 unspecified atom stereocenters. The van der Waals surface area contributed by atoms with Crippen LogP contribution in [0.4, 0.5) is 5.82 Å². The summed E-state index contributed by atoms with van der Waals surface area (Å²) in [6.45, 7) is 5.56. The molecule has 0 saturated carbocycles. The summed E-state index contributed by atoms with van der Waals surface area (Å²) in [5, 5.41) is 10.7. The topological polar surface area (TPSA) is 49.2 Å². The summed E-state index contributed by atoms with van der Waals surface area (Å²) in [5.74, 6) is 1.05. The number of rotatable bonds is 5. The van der Waals surface area contributed by atoms with Crippen molar-refractivity contribution >= 4 is 27.4 Å². The molecule has 1 atom stereocenters. The van der Waals surface area contributed by atoms with Gasteiger partial charge in [0.2, 0.25) is 0 Å². The number of piperidine rings is 1. The monoisotopic (exact) mass is 381 g/mol. The van der Waals surface area contributed by atoms with Crippen LogP contribution in [-0.2, 0) is 6.42 Å². The maximum atomic E-state index is 9.54. The second kappa shape index (κ2) is 7.95. The van der Waals surface area contributed by atoms with Crippen LogP contribution in [0.1, 0.15) is 43.0 Å². The summed E-state index contributed by atoms with van der Waals surface area (Å²) in [7, 11) is 0. The standard InChI is InChI=1S/C22H27N3OS/c1-3-18-19(16-9-7-15(2)8-10-16)20-21(23-14-24-22(20)27-18)25-12-5-4-6-17(25)11-13-26/h7-10,14,17,26H,3-6,11-13H2,1-2H3. The maximum absolute atomic E-state index is 9.54. The Morgan fingerprint density at radius 1 is 1.19 bits per heavy atom. The van der Waals surface area contributed by atoms with E-state index in [-0.39, 0.29) is 6.61 Å². The molecule has 2 aromatic heterocycles. The van der Waals surface area contributed by atoms with Gasteiger partial charge in [-0.1, -0.05) is 36.8 Å². The zero-order chi connectivity index (χ0) is 18.8. The van der Waals surface area contributed by atoms with Crippen molar-refractivity contribution < 1.29 is 5.11 Å². The number of hydrogen-bond donors (Lipinski definition) is 1. The summed E-state index contributed by atoms with van der Waals surface area (Å²) < 4.78 is 0. The van der Waals surface area contributed by atoms with Gasteiger partial charge in [-0.3, -0.25) is 0 Å². The predicted molar refractivity (Wildman–Crippen MR) is 114 cm³/mol. The minimum atomic E-state index is 0.226. The van der Waals surface area contributed by atoms with E-state index in [2.05, 4.69) is 48.0 Å². The minimum absolute atomic E-state index is 0.226. The molecule has 3 aromatic rings. The SMILES string of the molecule is CCc1sc2ncnc(N3CCCCC3CCO)c2c1-c1ccc(C)cc1. The zero-order valence-corrected chi connectivity index (χ0v) is 16.9. The lowest BCUT2D eigenvalue weighted by atomic mass is 9.97. The van der Waals surface area contributed by atoms with Crippen LogP contribution in [0, 0.1) is 6.92 Å². The number of nitrogens with zero attached hydrogens (tertiary/aromatic N) is 3. The second-order valence-corrected chi connectivity index (χ2v) is 8.44. The highest BCUT2D eigenvalue weighted by molar-refractivity contribution is 7.19. The van der Waals surface area contributed by atoms with E-state index in [1.807, 2.05) is 0 Å². The Bertz CT molecular complexity index is 917. The van der Waals surface area contributed by atoms with Crippen LogP contribution in [0.15, 0.2) is 30.6 Å². The second-order valence-electron chi connectivity index (χ2n) is 7.35. The minimum Gasteiger partial charge on any atom is -0.396 e. The van der Waals surface area contributed by atoms with E-state index < -0.39 is 0 Å². The molecule has 0 aliphatic carbocycles. The van der Waals surface area contributed by atoms with Crippen molar-refractivity contribution in [2.45, 2.75) is 52.0 Å². The highest BCUT2D eigenvalue weighted by atomic mass is 32.1. The van der Waals surface area contributed by atoms with Crippen LogP contribution >= 0.6 is 11.3 Å². The van der Waals surface area contributed by atoms with Crippen molar-refractivity contribution in [3.8, 4) is 11.1 Å². The summed E-state index contributed by atoms with van der Waals surface area (Å²) >= 11 is 1.79. The lowest BCUT2D eigenvalue weighted by Crippen LogP contribution is -2.40. The lowest BCUT2D eigenvalue weighted by Gasteiger charge is -2.37. The van der Waals surface area contributed by atoms with Crippen molar-refractivity contribution in [1.29, 1.82) is 0 Å². The highest BCUT2D eigenvalue weighted by Crippen LogP contribution is 2.43. The maximum Gasteiger partial charge on any atom is 0.141 e. The van der Waals surface area contributed by atoms with E-state index in [1.165, 1.54) is 39.8 Å². The van der Waals surface area contributed by atoms with Gasteiger partial charge in [0.1, 0.15) is 17.0 Å². The molecule has 1 fully saturated rings. The third-order valence-corrected chi connectivity index (χ3v) is 6.81. The molecule has 5 heteroatoms. The third kappa shape index (κ3) is 3.46. The van der Waals surface area contributed by atoms with Crippen LogP contribution in [0.5, 0.6) is 0 Å². The van der Waals surface area contributed by atoms with E-state index in [4.69, 9.17) is 4.98 Å². The van der Waals surface area contributed by atoms with Crippen molar-refractivity contribution in [1.82, 2.24) is 9.97 Å². The van der Waals surface area contributed by atoms with Crippen molar-refractivity contribution in [2.75, 3.05) is 18.1 Å². The molecule has 0 spiro atoms. The fourth-order valence-corrected chi connectivity index (χ4v) is 5.28. The summed E-state index contributed by atoms with van der Waals surface area (Å²) in [5.41, 5.74) is 3.81. The molecule has 27 heavy (non-hydrogen) atoms. The molecular weight excluding hydrogens is 354 g/mol. The fourth-order valence-electron chi connectivity index (χ4n) is 4.18. The van der Waals surface area contributed by atoms with Gasteiger partial charge in [-0.15, -0.1) is 11.3 Å². The average Bonchev–Trinajstić information content (AvgIpc) is 3.08. The molecule has 1 aliphatic heterocycles. The van der Waals surface area contributed by atoms with E-state index in [1.54, 1.807) is 17.7 Å². The Kier molecular flexibility index (Phi) is 5.41. The summed E-state index contributed by atoms with van der Waals surface area (Å²) in [6.07, 6.45) is 7.02. The molecule has 1 aromatic carbocycles. The molecule has 1 aliphatic rings. The van der Waals surface area contributed by atoms with Gasteiger partial charge >= 0.3 is 0 Å². The Labute approximate surface area is 164 Å². The predicted octanol–water partition coefficient (Wildman–Crippen LogP) is 4.97. The Morgan fingerprint density at radius 3 is 2.74 bits per heavy atom. The number of anilines is 1. The number of aryl methyl sites for hydroxylation is 2. The van der Waals surface area contributed by atoms with Crippen molar-refractivity contribution in [2.24, 2.45) is 0 Å². The first kappa shape index (κ1) is 18.4. The Morgan fingerprint density at radius 2 is 2.00 bits per heavy atom. The van der Waals surface area contributed by atoms with Crippen LogP contribution in [0.3, 0.4) is 0 Å². The normalized spacial score (nSPS) is 17.6. The van der Waals surface area contributed by atoms with Gasteiger partial charge in [0.25, 0.3) is 0 Å². The van der Waals surface area contributed by atoms with Gasteiger partial charge in [0.05, 0.1) is 5.39 Å². The van der Waals surface area contributed by atoms with Crippen LogP contribution < -0.4 is 4.90 Å². The number of aliphatic hydroxyl groups is 1. The number of aromatic nitrogens is 2. The summed E-state index contributed by atoms with van der Waals surface area (Å²) in [6, 6.07) is 9.15. The first-order valence-corrected chi connectivity index (χ1v) is 10.8. The van der Waals surface area contributed by atoms with Crippen LogP contribution in [0.25, 0.3) is 21.3 Å². The molecule has 1 saturated heterocycles. The molecule has 4 rings (SSSR count). The zero-order valence-electron chi connectivity index (χ0n) is 16.1. The largest absolute Gasteiger partial charge is 0.396 e. The number of fused-ring (bicyclic) bond motifs is 1. The fraction of sp³-hybridized carbons (Fsp3) is 0.455. The quantitative estimate of drug-likeness (QED) is 0.678. The Balaban J connectivity index is 1.91. The van der Waals surface area contributed by atoms with E-state index in [9.17, 15) is 5.11 Å². The third-order valence-electron chi connectivity index (χ3n) is 5.56. The number of thiophene rings is 1. The van der Waals surface area contributed by atoms with Gasteiger partial charge in [0.15, 0.2) is 0 Å². The number of hydrogen-bond acceptors (Lipinski definition) is 5. The number of benzene rings is 1. The van der Waals surface area contributed by atoms with Crippen LogP contribution in [0.2, 0.25) is 0 Å². The molecule has 142 valence electrons. The van der Waals surface area contributed by atoms with Crippen molar-refractivity contribution in [3.05, 3.63) is 41.0 Å². The molecular formula is C22H27N3OS. The first-order valence-electron chi connectivity index (χ1n) is 9.93. The molecule has 3 heterocycles. The van der Waals surface area contributed by atoms with E-state index in [0.717, 1.165) is 36.5 Å². The molecule has 1 N–H and O–H groups in total. The molecule has 0 bridgehead atoms. The number of aliphatic hydroxyl groups excluding tert-OH is 1. The lowest BCUT2D eigenvalue weighted by molar-refractivity contribution is 0.262. The van der Waals surface area contributed by atoms with Crippen LogP contribution in [-0.4, -0.2) is 34.3 Å². The summed E-state index contributed by atoms with van der Waals surface area (Å²) in [4.78, 5) is 14.2. The van der Waals surface area contributed by atoms with Gasteiger partial charge in [-0.25, -0.2) is 9.97 Å². The van der Waals surface area contributed by atoms with E-state index in [0.29, 0.717) is 6.04 Å². The van der Waals surface area contributed by atoms with Gasteiger partial charge < -0.3 is 10.0 Å². The Hall–Kier alpha value is -1.98. The van der Waals surface area contributed by atoms with Gasteiger partial charge in [-0.05, 0) is 44.6 Å². The molecule has 4 nitrogen and oxygen atoms in total. The molecule has 0 amide bonds. The molecule has 0 radical (unpaired) electrons. The van der Waals surface area contributed by atoms with E-state index >= 15 is 0 Å². The average molecular weight is 382 g/mol. The smallest absolute Gasteiger partial charge is 0.141 e.